The molecule has 0 spiro atoms. The standard InChI is InChI=1S/C47H35N9O10S4/c1-22-10-30(54-66-22)43-49-24(21-68-43)19-63-34-15-38(58-3)39(41-29(34)14-37(65-41)32-17-56-45(51-32)70-47(53-56)61-6)26-8-7-9-27(40(26)59-4)42-48-23(20-67-42)18-62-33-11-25(57-2)12-35-28(33)13-36(64-35)31-16-55-44(50-31)69-46(52-55)60-5/h7-17,20-21H,18-19H2,1-6H3. The van der Waals surface area contributed by atoms with Gasteiger partial charge in [0.25, 0.3) is 10.4 Å². The number of aryl methyl sites for hydroxylation is 1. The van der Waals surface area contributed by atoms with Gasteiger partial charge in [-0.1, -0.05) is 17.3 Å². The fourth-order valence-corrected chi connectivity index (χ4v) is 10.9. The lowest BCUT2D eigenvalue weighted by atomic mass is 9.98. The summed E-state index contributed by atoms with van der Waals surface area (Å²) in [6.07, 6.45) is 3.58. The molecule has 0 aliphatic carbocycles. The van der Waals surface area contributed by atoms with Crippen molar-refractivity contribution in [3.8, 4) is 94.4 Å². The van der Waals surface area contributed by atoms with Gasteiger partial charge in [-0.15, -0.1) is 32.9 Å². The number of methoxy groups -OCH3 is 5. The van der Waals surface area contributed by atoms with Crippen LogP contribution in [0.3, 0.4) is 0 Å². The first-order valence-electron chi connectivity index (χ1n) is 21.1. The quantitative estimate of drug-likeness (QED) is 0.0883. The summed E-state index contributed by atoms with van der Waals surface area (Å²) in [5.41, 5.74) is 6.44. The SMILES string of the molecule is COc1cc(OCc2csc(-c3cccc(-c4c(OC)cc(OCc5csc(-c6cc(C)on6)n5)c5cc(-c6cn7nc(OC)sc7n6)oc45)c3OC)n2)c2cc(-c3cn4nc(OC)sc4n3)oc2c1. The van der Waals surface area contributed by atoms with Crippen LogP contribution >= 0.6 is 45.3 Å². The fourth-order valence-electron chi connectivity index (χ4n) is 7.90. The minimum atomic E-state index is 0.159. The van der Waals surface area contributed by atoms with E-state index < -0.39 is 0 Å². The molecule has 23 heteroatoms. The molecule has 0 fully saturated rings. The van der Waals surface area contributed by atoms with Crippen LogP contribution in [0.25, 0.3) is 87.2 Å². The van der Waals surface area contributed by atoms with Gasteiger partial charge in [0.1, 0.15) is 86.0 Å². The van der Waals surface area contributed by atoms with E-state index in [-0.39, 0.29) is 13.2 Å². The summed E-state index contributed by atoms with van der Waals surface area (Å²) in [4.78, 5) is 20.6. The molecular formula is C47H35N9O10S4. The molecule has 352 valence electrons. The molecule has 0 saturated heterocycles. The highest BCUT2D eigenvalue weighted by molar-refractivity contribution is 7.18. The van der Waals surface area contributed by atoms with Crippen molar-refractivity contribution in [2.75, 3.05) is 35.5 Å². The van der Waals surface area contributed by atoms with Crippen molar-refractivity contribution in [1.82, 2.24) is 44.3 Å². The Morgan fingerprint density at radius 1 is 0.600 bits per heavy atom. The zero-order valence-electron chi connectivity index (χ0n) is 37.7. The van der Waals surface area contributed by atoms with Crippen LogP contribution in [0.5, 0.6) is 39.1 Å². The number of imidazole rings is 2. The number of benzene rings is 3. The maximum absolute atomic E-state index is 6.78. The second-order valence-electron chi connectivity index (χ2n) is 15.4. The Kier molecular flexibility index (Phi) is 10.8. The minimum absolute atomic E-state index is 0.159. The molecule has 0 radical (unpaired) electrons. The number of fused-ring (bicyclic) bond motifs is 4. The van der Waals surface area contributed by atoms with Crippen molar-refractivity contribution in [3.05, 3.63) is 94.9 Å². The van der Waals surface area contributed by atoms with Crippen molar-refractivity contribution >= 4 is 77.2 Å². The monoisotopic (exact) mass is 1010 g/mol. The Labute approximate surface area is 411 Å². The molecule has 0 unspecified atom stereocenters. The molecule has 12 aromatic rings. The van der Waals surface area contributed by atoms with E-state index in [2.05, 4.69) is 20.3 Å². The fraction of sp³-hybridized carbons (Fsp3) is 0.170. The van der Waals surface area contributed by atoms with E-state index in [0.717, 1.165) is 21.7 Å². The highest BCUT2D eigenvalue weighted by Crippen LogP contribution is 2.50. The smallest absolute Gasteiger partial charge is 0.294 e. The third-order valence-electron chi connectivity index (χ3n) is 11.1. The molecule has 0 amide bonds. The summed E-state index contributed by atoms with van der Waals surface area (Å²) < 4.78 is 63.2. The maximum Gasteiger partial charge on any atom is 0.294 e. The van der Waals surface area contributed by atoms with E-state index in [4.69, 9.17) is 61.5 Å². The highest BCUT2D eigenvalue weighted by Gasteiger charge is 2.27. The second-order valence-corrected chi connectivity index (χ2v) is 18.9. The molecule has 0 aliphatic heterocycles. The van der Waals surface area contributed by atoms with Gasteiger partial charge in [0, 0.05) is 40.6 Å². The predicted octanol–water partition coefficient (Wildman–Crippen LogP) is 11.1. The molecule has 9 aromatic heterocycles. The Morgan fingerprint density at radius 3 is 1.87 bits per heavy atom. The molecule has 9 heterocycles. The van der Waals surface area contributed by atoms with Crippen LogP contribution < -0.4 is 33.2 Å². The summed E-state index contributed by atoms with van der Waals surface area (Å²) in [5.74, 6) is 4.43. The summed E-state index contributed by atoms with van der Waals surface area (Å²) in [5, 5.41) is 20.7. The Balaban J connectivity index is 0.875. The van der Waals surface area contributed by atoms with Crippen LogP contribution in [0.15, 0.2) is 91.1 Å². The van der Waals surface area contributed by atoms with Gasteiger partial charge in [-0.2, -0.15) is 0 Å². The summed E-state index contributed by atoms with van der Waals surface area (Å²) >= 11 is 5.58. The molecule has 0 bridgehead atoms. The highest BCUT2D eigenvalue weighted by atomic mass is 32.1. The number of ether oxygens (including phenoxy) is 7. The maximum atomic E-state index is 6.78. The van der Waals surface area contributed by atoms with Crippen LogP contribution in [0.4, 0.5) is 0 Å². The normalized spacial score (nSPS) is 11.7. The summed E-state index contributed by atoms with van der Waals surface area (Å²) in [7, 11) is 7.97. The number of hydrogen-bond donors (Lipinski definition) is 0. The van der Waals surface area contributed by atoms with Crippen LogP contribution in [0, 0.1) is 6.92 Å². The topological polar surface area (TPSA) is 203 Å². The van der Waals surface area contributed by atoms with Gasteiger partial charge in [-0.25, -0.2) is 29.0 Å². The predicted molar refractivity (Wildman–Crippen MR) is 262 cm³/mol. The molecule has 70 heavy (non-hydrogen) atoms. The summed E-state index contributed by atoms with van der Waals surface area (Å²) in [6, 6.07) is 17.0. The molecular weight excluding hydrogens is 979 g/mol. The van der Waals surface area contributed by atoms with Gasteiger partial charge >= 0.3 is 0 Å². The van der Waals surface area contributed by atoms with Gasteiger partial charge in [-0.05, 0) is 47.8 Å². The molecule has 19 nitrogen and oxygen atoms in total. The van der Waals surface area contributed by atoms with E-state index in [1.807, 2.05) is 72.3 Å². The number of aromatic nitrogens is 9. The molecule has 0 saturated carbocycles. The number of hydrogen-bond acceptors (Lipinski definition) is 21. The average molecular weight is 1010 g/mol. The zero-order valence-corrected chi connectivity index (χ0v) is 40.9. The number of thiazole rings is 2. The first kappa shape index (κ1) is 43.3. The van der Waals surface area contributed by atoms with Crippen LogP contribution in [0.1, 0.15) is 17.1 Å². The van der Waals surface area contributed by atoms with Gasteiger partial charge in [0.2, 0.25) is 9.92 Å². The van der Waals surface area contributed by atoms with E-state index >= 15 is 0 Å². The number of para-hydroxylation sites is 1. The molecule has 0 N–H and O–H groups in total. The first-order chi connectivity index (χ1) is 34.3. The van der Waals surface area contributed by atoms with Gasteiger partial charge < -0.3 is 46.5 Å². The molecule has 3 aromatic carbocycles. The van der Waals surface area contributed by atoms with Crippen LogP contribution in [-0.2, 0) is 13.2 Å². The van der Waals surface area contributed by atoms with E-state index in [0.29, 0.717) is 122 Å². The lowest BCUT2D eigenvalue weighted by Gasteiger charge is -2.17. The number of furan rings is 2. The lowest BCUT2D eigenvalue weighted by molar-refractivity contribution is 0.303. The van der Waals surface area contributed by atoms with Crippen molar-refractivity contribution in [1.29, 1.82) is 0 Å². The largest absolute Gasteiger partial charge is 0.496 e. The molecule has 12 rings (SSSR count). The molecule has 0 aliphatic rings. The van der Waals surface area contributed by atoms with Gasteiger partial charge in [0.05, 0.1) is 81.2 Å². The number of rotatable bonds is 16. The van der Waals surface area contributed by atoms with Crippen LogP contribution in [0.2, 0.25) is 0 Å². The summed E-state index contributed by atoms with van der Waals surface area (Å²) in [6.45, 7) is 2.16. The van der Waals surface area contributed by atoms with Crippen molar-refractivity contribution in [2.45, 2.75) is 20.1 Å². The van der Waals surface area contributed by atoms with Gasteiger partial charge in [-0.3, -0.25) is 0 Å². The molecule has 0 atom stereocenters. The van der Waals surface area contributed by atoms with Gasteiger partial charge in [0.15, 0.2) is 11.5 Å². The Hall–Kier alpha value is -7.99. The lowest BCUT2D eigenvalue weighted by Crippen LogP contribution is -1.99. The third-order valence-corrected chi connectivity index (χ3v) is 14.7. The number of nitrogens with zero attached hydrogens (tertiary/aromatic N) is 9. The Bertz CT molecular complexity index is 3840. The van der Waals surface area contributed by atoms with E-state index in [1.165, 1.54) is 45.3 Å². The van der Waals surface area contributed by atoms with Crippen molar-refractivity contribution in [3.63, 3.8) is 0 Å². The minimum Gasteiger partial charge on any atom is -0.496 e. The van der Waals surface area contributed by atoms with E-state index in [9.17, 15) is 0 Å². The first-order valence-corrected chi connectivity index (χ1v) is 24.5. The van der Waals surface area contributed by atoms with Crippen molar-refractivity contribution < 1.29 is 46.5 Å². The zero-order chi connectivity index (χ0) is 47.6. The Morgan fingerprint density at radius 2 is 1.24 bits per heavy atom. The van der Waals surface area contributed by atoms with E-state index in [1.54, 1.807) is 57.0 Å². The second kappa shape index (κ2) is 17.5. The van der Waals surface area contributed by atoms with Crippen LogP contribution in [-0.4, -0.2) is 79.9 Å². The average Bonchev–Trinajstić information content (AvgIpc) is 4.22. The third kappa shape index (κ3) is 7.67. The van der Waals surface area contributed by atoms with Crippen molar-refractivity contribution in [2.24, 2.45) is 0 Å².